The van der Waals surface area contributed by atoms with Gasteiger partial charge in [-0.05, 0) is 67.7 Å². The summed E-state index contributed by atoms with van der Waals surface area (Å²) in [4.78, 5) is 0. The van der Waals surface area contributed by atoms with Crippen molar-refractivity contribution in [1.29, 1.82) is 0 Å². The van der Waals surface area contributed by atoms with Gasteiger partial charge in [0.25, 0.3) is 0 Å². The van der Waals surface area contributed by atoms with E-state index in [1.54, 1.807) is 0 Å². The highest BCUT2D eigenvalue weighted by Crippen LogP contribution is 2.42. The molecule has 1 fully saturated rings. The number of nitrogens with two attached hydrogens (primary N) is 1. The Bertz CT molecular complexity index is 394. The molecule has 0 unspecified atom stereocenters. The minimum Gasteiger partial charge on any atom is -0.330 e. The summed E-state index contributed by atoms with van der Waals surface area (Å²) in [6, 6.07) is 8.71. The summed E-state index contributed by atoms with van der Waals surface area (Å²) >= 11 is 3.57. The first kappa shape index (κ1) is 15.1. The number of benzene rings is 1. The highest BCUT2D eigenvalue weighted by molar-refractivity contribution is 9.10. The van der Waals surface area contributed by atoms with E-state index in [0.29, 0.717) is 5.41 Å². The fourth-order valence-electron chi connectivity index (χ4n) is 3.52. The first-order valence-electron chi connectivity index (χ1n) is 7.62. The van der Waals surface area contributed by atoms with E-state index >= 15 is 0 Å². The van der Waals surface area contributed by atoms with Gasteiger partial charge in [0.05, 0.1) is 0 Å². The lowest BCUT2D eigenvalue weighted by Gasteiger charge is -2.40. The van der Waals surface area contributed by atoms with Crippen LogP contribution in [0.2, 0.25) is 0 Å². The van der Waals surface area contributed by atoms with Crippen molar-refractivity contribution in [2.75, 3.05) is 6.54 Å². The lowest BCUT2D eigenvalue weighted by molar-refractivity contribution is 0.151. The van der Waals surface area contributed by atoms with Gasteiger partial charge >= 0.3 is 0 Å². The Kier molecular flexibility index (Phi) is 5.47. The maximum absolute atomic E-state index is 6.13. The number of hydrogen-bond acceptors (Lipinski definition) is 1. The summed E-state index contributed by atoms with van der Waals surface area (Å²) in [6.07, 6.45) is 9.23. The Hall–Kier alpha value is -0.340. The molecule has 0 spiro atoms. The van der Waals surface area contributed by atoms with Crippen LogP contribution in [-0.4, -0.2) is 6.54 Å². The number of halogens is 1. The van der Waals surface area contributed by atoms with E-state index in [1.807, 2.05) is 0 Å². The van der Waals surface area contributed by atoms with Gasteiger partial charge in [0, 0.05) is 4.47 Å². The molecule has 2 rings (SSSR count). The largest absolute Gasteiger partial charge is 0.330 e. The molecule has 1 nitrogen and oxygen atoms in total. The van der Waals surface area contributed by atoms with Crippen molar-refractivity contribution in [3.8, 4) is 0 Å². The minimum atomic E-state index is 0.352. The van der Waals surface area contributed by atoms with Gasteiger partial charge in [0.15, 0.2) is 0 Å². The summed E-state index contributed by atoms with van der Waals surface area (Å²) in [7, 11) is 0. The van der Waals surface area contributed by atoms with E-state index in [-0.39, 0.29) is 0 Å². The van der Waals surface area contributed by atoms with Gasteiger partial charge in [-0.15, -0.1) is 0 Å². The molecule has 1 aliphatic carbocycles. The van der Waals surface area contributed by atoms with Crippen LogP contribution in [0.15, 0.2) is 28.7 Å². The normalized spacial score (nSPS) is 27.4. The van der Waals surface area contributed by atoms with Crippen LogP contribution in [0.25, 0.3) is 0 Å². The zero-order valence-corrected chi connectivity index (χ0v) is 13.6. The summed E-state index contributed by atoms with van der Waals surface area (Å²) < 4.78 is 1.18. The highest BCUT2D eigenvalue weighted by atomic mass is 79.9. The monoisotopic (exact) mass is 323 g/mol. The molecule has 19 heavy (non-hydrogen) atoms. The number of hydrogen-bond donors (Lipinski definition) is 1. The SMILES string of the molecule is CCCC1CCC(CN)(Cc2cccc(Br)c2)CC1. The maximum Gasteiger partial charge on any atom is 0.0177 e. The Balaban J connectivity index is 2.00. The first-order chi connectivity index (χ1) is 9.17. The van der Waals surface area contributed by atoms with Crippen molar-refractivity contribution in [2.45, 2.75) is 51.9 Å². The Labute approximate surface area is 126 Å². The summed E-state index contributed by atoms with van der Waals surface area (Å²) in [6.45, 7) is 3.13. The van der Waals surface area contributed by atoms with E-state index in [4.69, 9.17) is 5.73 Å². The molecule has 0 heterocycles. The van der Waals surface area contributed by atoms with Crippen molar-refractivity contribution in [2.24, 2.45) is 17.1 Å². The van der Waals surface area contributed by atoms with E-state index < -0.39 is 0 Å². The molecule has 0 amide bonds. The Morgan fingerprint density at radius 1 is 1.32 bits per heavy atom. The molecule has 0 radical (unpaired) electrons. The standard InChI is InChI=1S/C17H26BrN/c1-2-4-14-7-9-17(13-19,10-8-14)12-15-5-3-6-16(18)11-15/h3,5-6,11,14H,2,4,7-10,12-13,19H2,1H3. The van der Waals surface area contributed by atoms with Gasteiger partial charge in [0.2, 0.25) is 0 Å². The van der Waals surface area contributed by atoms with Crippen molar-refractivity contribution in [1.82, 2.24) is 0 Å². The van der Waals surface area contributed by atoms with Gasteiger partial charge in [-0.1, -0.05) is 47.8 Å². The van der Waals surface area contributed by atoms with Gasteiger partial charge in [-0.2, -0.15) is 0 Å². The van der Waals surface area contributed by atoms with Gasteiger partial charge in [-0.3, -0.25) is 0 Å². The predicted molar refractivity (Wildman–Crippen MR) is 86.2 cm³/mol. The van der Waals surface area contributed by atoms with Crippen molar-refractivity contribution in [3.63, 3.8) is 0 Å². The first-order valence-corrected chi connectivity index (χ1v) is 8.41. The van der Waals surface area contributed by atoms with Gasteiger partial charge in [0.1, 0.15) is 0 Å². The lowest BCUT2D eigenvalue weighted by atomic mass is 9.67. The van der Waals surface area contributed by atoms with Crippen molar-refractivity contribution < 1.29 is 0 Å². The molecule has 1 aromatic rings. The minimum absolute atomic E-state index is 0.352. The molecule has 1 aliphatic rings. The van der Waals surface area contributed by atoms with E-state index in [1.165, 1.54) is 48.6 Å². The molecule has 2 heteroatoms. The average molecular weight is 324 g/mol. The molecule has 0 saturated heterocycles. The third-order valence-electron chi connectivity index (χ3n) is 4.76. The maximum atomic E-state index is 6.13. The third kappa shape index (κ3) is 4.06. The molecule has 0 aliphatic heterocycles. The molecule has 0 bridgehead atoms. The second-order valence-electron chi connectivity index (χ2n) is 6.24. The van der Waals surface area contributed by atoms with Crippen LogP contribution in [0.5, 0.6) is 0 Å². The summed E-state index contributed by atoms with van der Waals surface area (Å²) in [5.41, 5.74) is 7.91. The molecule has 0 atom stereocenters. The quantitative estimate of drug-likeness (QED) is 0.817. The van der Waals surface area contributed by atoms with Crippen LogP contribution in [0.4, 0.5) is 0 Å². The van der Waals surface area contributed by atoms with Gasteiger partial charge < -0.3 is 5.73 Å². The van der Waals surface area contributed by atoms with Gasteiger partial charge in [-0.25, -0.2) is 0 Å². The average Bonchev–Trinajstić information content (AvgIpc) is 2.42. The van der Waals surface area contributed by atoms with Crippen LogP contribution in [-0.2, 0) is 6.42 Å². The molecule has 106 valence electrons. The predicted octanol–water partition coefficient (Wildman–Crippen LogP) is 4.93. The fourth-order valence-corrected chi connectivity index (χ4v) is 3.97. The van der Waals surface area contributed by atoms with Crippen molar-refractivity contribution in [3.05, 3.63) is 34.3 Å². The molecular weight excluding hydrogens is 298 g/mol. The van der Waals surface area contributed by atoms with Crippen LogP contribution >= 0.6 is 15.9 Å². The Morgan fingerprint density at radius 2 is 2.05 bits per heavy atom. The second kappa shape index (κ2) is 6.90. The van der Waals surface area contributed by atoms with Crippen LogP contribution in [0.3, 0.4) is 0 Å². The summed E-state index contributed by atoms with van der Waals surface area (Å²) in [5, 5.41) is 0. The molecule has 2 N–H and O–H groups in total. The van der Waals surface area contributed by atoms with Crippen LogP contribution in [0, 0.1) is 11.3 Å². The zero-order valence-electron chi connectivity index (χ0n) is 12.0. The topological polar surface area (TPSA) is 26.0 Å². The molecule has 1 saturated carbocycles. The fraction of sp³-hybridized carbons (Fsp3) is 0.647. The summed E-state index contributed by atoms with van der Waals surface area (Å²) in [5.74, 6) is 0.951. The van der Waals surface area contributed by atoms with E-state index in [9.17, 15) is 0 Å². The Morgan fingerprint density at radius 3 is 2.63 bits per heavy atom. The molecule has 1 aromatic carbocycles. The zero-order chi connectivity index (χ0) is 13.7. The second-order valence-corrected chi connectivity index (χ2v) is 7.16. The van der Waals surface area contributed by atoms with Crippen molar-refractivity contribution >= 4 is 15.9 Å². The lowest BCUT2D eigenvalue weighted by Crippen LogP contribution is -2.36. The number of rotatable bonds is 5. The highest BCUT2D eigenvalue weighted by Gasteiger charge is 2.33. The van der Waals surface area contributed by atoms with E-state index in [0.717, 1.165) is 18.9 Å². The molecule has 0 aromatic heterocycles. The third-order valence-corrected chi connectivity index (χ3v) is 5.26. The molecular formula is C17H26BrN. The van der Waals surface area contributed by atoms with E-state index in [2.05, 4.69) is 47.1 Å². The van der Waals surface area contributed by atoms with Crippen LogP contribution in [0.1, 0.15) is 51.0 Å². The smallest absolute Gasteiger partial charge is 0.0177 e. The van der Waals surface area contributed by atoms with Crippen LogP contribution < -0.4 is 5.73 Å².